The van der Waals surface area contributed by atoms with Crippen molar-refractivity contribution in [3.63, 3.8) is 0 Å². The van der Waals surface area contributed by atoms with Crippen LogP contribution in [0.3, 0.4) is 0 Å². The zero-order chi connectivity index (χ0) is 14.0. The summed E-state index contributed by atoms with van der Waals surface area (Å²) in [5.41, 5.74) is 6.28. The molecular formula is C12H17Cl3N2O2S. The Morgan fingerprint density at radius 3 is 2.35 bits per heavy atom. The van der Waals surface area contributed by atoms with Gasteiger partial charge in [0.25, 0.3) is 0 Å². The molecular weight excluding hydrogens is 343 g/mol. The fourth-order valence-electron chi connectivity index (χ4n) is 1.83. The molecule has 1 aliphatic carbocycles. The SMILES string of the molecule is Cl.NC(CNS(=O)(=O)Cc1c(Cl)cccc1Cl)C1CC1. The molecule has 1 aromatic rings. The maximum Gasteiger partial charge on any atom is 0.215 e. The Kier molecular flexibility index (Phi) is 6.57. The molecule has 2 rings (SSSR count). The molecule has 4 nitrogen and oxygen atoms in total. The van der Waals surface area contributed by atoms with Crippen molar-refractivity contribution in [1.82, 2.24) is 4.72 Å². The lowest BCUT2D eigenvalue weighted by molar-refractivity contribution is 0.547. The van der Waals surface area contributed by atoms with Crippen molar-refractivity contribution in [2.75, 3.05) is 6.54 Å². The zero-order valence-corrected chi connectivity index (χ0v) is 13.8. The Hall–Kier alpha value is -0.0400. The predicted octanol–water partition coefficient (Wildman–Crippen LogP) is 2.57. The van der Waals surface area contributed by atoms with Gasteiger partial charge in [-0.15, -0.1) is 12.4 Å². The fourth-order valence-corrected chi connectivity index (χ4v) is 3.75. The van der Waals surface area contributed by atoms with Crippen molar-refractivity contribution >= 4 is 45.6 Å². The number of sulfonamides is 1. The highest BCUT2D eigenvalue weighted by Gasteiger charge is 2.29. The van der Waals surface area contributed by atoms with Crippen LogP contribution in [0.1, 0.15) is 18.4 Å². The topological polar surface area (TPSA) is 72.2 Å². The molecule has 0 heterocycles. The molecule has 0 radical (unpaired) electrons. The van der Waals surface area contributed by atoms with Crippen LogP contribution >= 0.6 is 35.6 Å². The third kappa shape index (κ3) is 5.06. The Balaban J connectivity index is 0.00000200. The summed E-state index contributed by atoms with van der Waals surface area (Å²) in [5.74, 6) is 0.217. The van der Waals surface area contributed by atoms with E-state index in [1.807, 2.05) is 0 Å². The van der Waals surface area contributed by atoms with E-state index >= 15 is 0 Å². The van der Waals surface area contributed by atoms with Gasteiger partial charge in [-0.1, -0.05) is 29.3 Å². The summed E-state index contributed by atoms with van der Waals surface area (Å²) in [6, 6.07) is 4.80. The summed E-state index contributed by atoms with van der Waals surface area (Å²) in [4.78, 5) is 0. The molecule has 20 heavy (non-hydrogen) atoms. The van der Waals surface area contributed by atoms with E-state index in [1.165, 1.54) is 0 Å². The Morgan fingerprint density at radius 1 is 1.30 bits per heavy atom. The zero-order valence-electron chi connectivity index (χ0n) is 10.7. The molecule has 8 heteroatoms. The highest BCUT2D eigenvalue weighted by Crippen LogP contribution is 2.31. The fraction of sp³-hybridized carbons (Fsp3) is 0.500. The third-order valence-corrected chi connectivity index (χ3v) is 5.15. The first kappa shape index (κ1) is 18.0. The van der Waals surface area contributed by atoms with Gasteiger partial charge in [-0.05, 0) is 30.9 Å². The molecule has 0 bridgehead atoms. The van der Waals surface area contributed by atoms with Crippen LogP contribution in [0.25, 0.3) is 0 Å². The van der Waals surface area contributed by atoms with Crippen LogP contribution in [0, 0.1) is 5.92 Å². The van der Waals surface area contributed by atoms with E-state index < -0.39 is 10.0 Å². The number of nitrogens with one attached hydrogen (secondary N) is 1. The van der Waals surface area contributed by atoms with Gasteiger partial charge < -0.3 is 5.73 Å². The average molecular weight is 360 g/mol. The second-order valence-corrected chi connectivity index (χ2v) is 7.43. The minimum atomic E-state index is -3.48. The lowest BCUT2D eigenvalue weighted by atomic mass is 10.2. The van der Waals surface area contributed by atoms with E-state index in [0.29, 0.717) is 21.5 Å². The van der Waals surface area contributed by atoms with E-state index in [-0.39, 0.29) is 30.7 Å². The van der Waals surface area contributed by atoms with Gasteiger partial charge in [0, 0.05) is 28.2 Å². The summed E-state index contributed by atoms with van der Waals surface area (Å²) in [6.45, 7) is 0.259. The summed E-state index contributed by atoms with van der Waals surface area (Å²) in [7, 11) is -3.48. The second-order valence-electron chi connectivity index (χ2n) is 4.81. The van der Waals surface area contributed by atoms with Gasteiger partial charge in [0.05, 0.1) is 5.75 Å². The lowest BCUT2D eigenvalue weighted by Gasteiger charge is -2.13. The van der Waals surface area contributed by atoms with Crippen LogP contribution in [0.15, 0.2) is 18.2 Å². The van der Waals surface area contributed by atoms with Crippen LogP contribution in [0.4, 0.5) is 0 Å². The molecule has 1 aromatic carbocycles. The van der Waals surface area contributed by atoms with Gasteiger partial charge in [0.1, 0.15) is 0 Å². The average Bonchev–Trinajstić information content (AvgIpc) is 3.15. The highest BCUT2D eigenvalue weighted by atomic mass is 35.5. The predicted molar refractivity (Wildman–Crippen MR) is 85.0 cm³/mol. The molecule has 1 saturated carbocycles. The van der Waals surface area contributed by atoms with Gasteiger partial charge in [0.15, 0.2) is 0 Å². The normalized spacial score (nSPS) is 16.6. The number of rotatable bonds is 6. The van der Waals surface area contributed by atoms with Crippen molar-refractivity contribution < 1.29 is 8.42 Å². The Labute approximate surface area is 135 Å². The van der Waals surface area contributed by atoms with Gasteiger partial charge in [-0.3, -0.25) is 0 Å². The summed E-state index contributed by atoms with van der Waals surface area (Å²) in [6.07, 6.45) is 2.17. The molecule has 1 aliphatic rings. The number of hydrogen-bond donors (Lipinski definition) is 2. The van der Waals surface area contributed by atoms with Crippen molar-refractivity contribution in [2.24, 2.45) is 11.7 Å². The quantitative estimate of drug-likeness (QED) is 0.820. The number of benzene rings is 1. The van der Waals surface area contributed by atoms with Gasteiger partial charge in [-0.2, -0.15) is 0 Å². The first-order valence-electron chi connectivity index (χ1n) is 6.05. The summed E-state index contributed by atoms with van der Waals surface area (Å²) >= 11 is 11.9. The second kappa shape index (κ2) is 7.29. The monoisotopic (exact) mass is 358 g/mol. The molecule has 0 saturated heterocycles. The smallest absolute Gasteiger partial charge is 0.215 e. The number of nitrogens with two attached hydrogens (primary N) is 1. The van der Waals surface area contributed by atoms with Crippen LogP contribution in [0.2, 0.25) is 10.0 Å². The van der Waals surface area contributed by atoms with E-state index in [9.17, 15) is 8.42 Å². The Bertz CT molecular complexity index is 542. The van der Waals surface area contributed by atoms with E-state index in [4.69, 9.17) is 28.9 Å². The molecule has 0 aliphatic heterocycles. The van der Waals surface area contributed by atoms with Gasteiger partial charge >= 0.3 is 0 Å². The minimum Gasteiger partial charge on any atom is -0.326 e. The Morgan fingerprint density at radius 2 is 1.85 bits per heavy atom. The standard InChI is InChI=1S/C12H16Cl2N2O2S.ClH/c13-10-2-1-3-11(14)9(10)7-19(17,18)16-6-12(15)8-4-5-8;/h1-3,8,12,16H,4-7,15H2;1H. The van der Waals surface area contributed by atoms with Crippen molar-refractivity contribution in [3.05, 3.63) is 33.8 Å². The lowest BCUT2D eigenvalue weighted by Crippen LogP contribution is -2.39. The van der Waals surface area contributed by atoms with E-state index in [0.717, 1.165) is 12.8 Å². The van der Waals surface area contributed by atoms with Crippen molar-refractivity contribution in [1.29, 1.82) is 0 Å². The van der Waals surface area contributed by atoms with Crippen LogP contribution in [0.5, 0.6) is 0 Å². The first-order chi connectivity index (χ1) is 8.89. The minimum absolute atomic E-state index is 0. The molecule has 1 fully saturated rings. The van der Waals surface area contributed by atoms with Gasteiger partial charge in [-0.25, -0.2) is 13.1 Å². The summed E-state index contributed by atoms with van der Waals surface area (Å²) in [5, 5.41) is 0.703. The number of hydrogen-bond acceptors (Lipinski definition) is 3. The maximum absolute atomic E-state index is 12.0. The molecule has 114 valence electrons. The van der Waals surface area contributed by atoms with Crippen LogP contribution in [-0.4, -0.2) is 21.0 Å². The van der Waals surface area contributed by atoms with Crippen molar-refractivity contribution in [3.8, 4) is 0 Å². The van der Waals surface area contributed by atoms with Crippen LogP contribution < -0.4 is 10.5 Å². The molecule has 0 amide bonds. The first-order valence-corrected chi connectivity index (χ1v) is 8.45. The van der Waals surface area contributed by atoms with E-state index in [1.54, 1.807) is 18.2 Å². The summed E-state index contributed by atoms with van der Waals surface area (Å²) < 4.78 is 26.4. The molecule has 0 aromatic heterocycles. The molecule has 1 unspecified atom stereocenters. The maximum atomic E-state index is 12.0. The highest BCUT2D eigenvalue weighted by molar-refractivity contribution is 7.88. The molecule has 1 atom stereocenters. The molecule has 3 N–H and O–H groups in total. The number of halogens is 3. The van der Waals surface area contributed by atoms with Crippen LogP contribution in [-0.2, 0) is 15.8 Å². The van der Waals surface area contributed by atoms with Gasteiger partial charge in [0.2, 0.25) is 10.0 Å². The largest absolute Gasteiger partial charge is 0.326 e. The molecule has 0 spiro atoms. The third-order valence-electron chi connectivity index (χ3n) is 3.16. The van der Waals surface area contributed by atoms with E-state index in [2.05, 4.69) is 4.72 Å². The van der Waals surface area contributed by atoms with Crippen molar-refractivity contribution in [2.45, 2.75) is 24.6 Å².